The van der Waals surface area contributed by atoms with Gasteiger partial charge in [0.1, 0.15) is 5.17 Å². The number of halogens is 2. The SMILES string of the molecule is N=C(Cl)C1=CC=C(F)NC1. The Labute approximate surface area is 62.9 Å². The smallest absolute Gasteiger partial charge is 0.187 e. The van der Waals surface area contributed by atoms with Crippen molar-refractivity contribution >= 4 is 16.8 Å². The molecule has 1 rings (SSSR count). The van der Waals surface area contributed by atoms with Gasteiger partial charge in [0.25, 0.3) is 0 Å². The van der Waals surface area contributed by atoms with Crippen molar-refractivity contribution in [1.29, 1.82) is 5.41 Å². The molecule has 0 amide bonds. The molecule has 1 heterocycles. The Balaban J connectivity index is 2.74. The van der Waals surface area contributed by atoms with Gasteiger partial charge in [-0.25, -0.2) is 0 Å². The maximum atomic E-state index is 12.2. The van der Waals surface area contributed by atoms with E-state index in [1.165, 1.54) is 12.2 Å². The number of nitrogens with one attached hydrogen (secondary N) is 2. The molecule has 0 radical (unpaired) electrons. The van der Waals surface area contributed by atoms with Gasteiger partial charge in [0.05, 0.1) is 0 Å². The quantitative estimate of drug-likeness (QED) is 0.443. The summed E-state index contributed by atoms with van der Waals surface area (Å²) in [6, 6.07) is 0. The summed E-state index contributed by atoms with van der Waals surface area (Å²) in [5.74, 6) is -0.387. The van der Waals surface area contributed by atoms with Crippen LogP contribution in [0.15, 0.2) is 23.7 Å². The molecule has 0 aromatic heterocycles. The van der Waals surface area contributed by atoms with Crippen LogP contribution in [-0.2, 0) is 0 Å². The molecule has 2 N–H and O–H groups in total. The Morgan fingerprint density at radius 2 is 2.40 bits per heavy atom. The maximum Gasteiger partial charge on any atom is 0.187 e. The van der Waals surface area contributed by atoms with Gasteiger partial charge in [0, 0.05) is 12.1 Å². The molecular formula is C6H6ClFN2. The van der Waals surface area contributed by atoms with Crippen LogP contribution in [0.25, 0.3) is 0 Å². The topological polar surface area (TPSA) is 35.9 Å². The average molecular weight is 161 g/mol. The van der Waals surface area contributed by atoms with Crippen LogP contribution in [0.4, 0.5) is 4.39 Å². The van der Waals surface area contributed by atoms with Crippen molar-refractivity contribution in [3.8, 4) is 0 Å². The summed E-state index contributed by atoms with van der Waals surface area (Å²) in [6.45, 7) is 0.296. The fourth-order valence-electron chi connectivity index (χ4n) is 0.622. The fraction of sp³-hybridized carbons (Fsp3) is 0.167. The molecule has 0 aromatic rings. The zero-order valence-corrected chi connectivity index (χ0v) is 5.87. The predicted octanol–water partition coefficient (Wildman–Crippen LogP) is 1.54. The molecule has 0 unspecified atom stereocenters. The molecule has 0 spiro atoms. The molecule has 4 heteroatoms. The number of allylic oxidation sites excluding steroid dienone is 2. The summed E-state index contributed by atoms with van der Waals surface area (Å²) in [4.78, 5) is 0. The lowest BCUT2D eigenvalue weighted by Gasteiger charge is -2.09. The third-order valence-corrected chi connectivity index (χ3v) is 1.40. The molecule has 54 valence electrons. The monoisotopic (exact) mass is 160 g/mol. The Morgan fingerprint density at radius 3 is 2.80 bits per heavy atom. The largest absolute Gasteiger partial charge is 0.358 e. The minimum atomic E-state index is -0.387. The van der Waals surface area contributed by atoms with E-state index in [1.54, 1.807) is 0 Å². The lowest BCUT2D eigenvalue weighted by atomic mass is 10.2. The van der Waals surface area contributed by atoms with Crippen LogP contribution in [0.2, 0.25) is 0 Å². The zero-order chi connectivity index (χ0) is 7.56. The van der Waals surface area contributed by atoms with Crippen LogP contribution in [0.3, 0.4) is 0 Å². The highest BCUT2D eigenvalue weighted by Crippen LogP contribution is 2.07. The average Bonchev–Trinajstić information content (AvgIpc) is 1.88. The molecule has 0 aliphatic carbocycles. The highest BCUT2D eigenvalue weighted by atomic mass is 35.5. The second kappa shape index (κ2) is 2.84. The number of hydrogen-bond acceptors (Lipinski definition) is 2. The van der Waals surface area contributed by atoms with Gasteiger partial charge >= 0.3 is 0 Å². The number of rotatable bonds is 1. The van der Waals surface area contributed by atoms with Gasteiger partial charge in [-0.2, -0.15) is 4.39 Å². The van der Waals surface area contributed by atoms with Crippen molar-refractivity contribution in [1.82, 2.24) is 5.32 Å². The second-order valence-electron chi connectivity index (χ2n) is 1.87. The summed E-state index contributed by atoms with van der Waals surface area (Å²) < 4.78 is 12.2. The van der Waals surface area contributed by atoms with Crippen molar-refractivity contribution in [2.75, 3.05) is 6.54 Å². The van der Waals surface area contributed by atoms with Gasteiger partial charge in [-0.15, -0.1) is 0 Å². The molecule has 1 aliphatic heterocycles. The first-order chi connectivity index (χ1) is 4.70. The van der Waals surface area contributed by atoms with Gasteiger partial charge < -0.3 is 5.32 Å². The summed E-state index contributed by atoms with van der Waals surface area (Å²) in [7, 11) is 0. The van der Waals surface area contributed by atoms with Crippen LogP contribution in [0.5, 0.6) is 0 Å². The van der Waals surface area contributed by atoms with Crippen LogP contribution in [-0.4, -0.2) is 11.7 Å². The third kappa shape index (κ3) is 1.57. The van der Waals surface area contributed by atoms with Crippen molar-refractivity contribution in [2.45, 2.75) is 0 Å². The minimum Gasteiger partial charge on any atom is -0.358 e. The Bertz CT molecular complexity index is 220. The van der Waals surface area contributed by atoms with Gasteiger partial charge in [-0.1, -0.05) is 11.6 Å². The van der Waals surface area contributed by atoms with E-state index in [4.69, 9.17) is 17.0 Å². The Morgan fingerprint density at radius 1 is 1.70 bits per heavy atom. The van der Waals surface area contributed by atoms with E-state index >= 15 is 0 Å². The lowest BCUT2D eigenvalue weighted by molar-refractivity contribution is 0.554. The van der Waals surface area contributed by atoms with E-state index in [-0.39, 0.29) is 11.1 Å². The summed E-state index contributed by atoms with van der Waals surface area (Å²) in [5.41, 5.74) is 0.600. The van der Waals surface area contributed by atoms with E-state index in [0.29, 0.717) is 12.1 Å². The highest BCUT2D eigenvalue weighted by molar-refractivity contribution is 6.68. The zero-order valence-electron chi connectivity index (χ0n) is 5.12. The minimum absolute atomic E-state index is 0.0451. The van der Waals surface area contributed by atoms with Crippen LogP contribution in [0, 0.1) is 5.41 Å². The molecule has 0 fully saturated rings. The van der Waals surface area contributed by atoms with Crippen molar-refractivity contribution in [2.24, 2.45) is 0 Å². The first-order valence-corrected chi connectivity index (χ1v) is 3.12. The lowest BCUT2D eigenvalue weighted by Crippen LogP contribution is -2.19. The second-order valence-corrected chi connectivity index (χ2v) is 2.25. The molecule has 0 atom stereocenters. The molecule has 10 heavy (non-hydrogen) atoms. The van der Waals surface area contributed by atoms with Crippen LogP contribution in [0.1, 0.15) is 0 Å². The van der Waals surface area contributed by atoms with Gasteiger partial charge in [0.2, 0.25) is 0 Å². The molecule has 1 aliphatic rings. The molecule has 0 saturated carbocycles. The van der Waals surface area contributed by atoms with Crippen molar-refractivity contribution in [3.05, 3.63) is 23.7 Å². The fourth-order valence-corrected chi connectivity index (χ4v) is 0.752. The number of dihydropyridines is 1. The van der Waals surface area contributed by atoms with Crippen molar-refractivity contribution in [3.63, 3.8) is 0 Å². The normalized spacial score (nSPS) is 17.0. The molecule has 0 aromatic carbocycles. The van der Waals surface area contributed by atoms with Crippen molar-refractivity contribution < 1.29 is 4.39 Å². The first kappa shape index (κ1) is 7.28. The maximum absolute atomic E-state index is 12.2. The van der Waals surface area contributed by atoms with E-state index in [9.17, 15) is 4.39 Å². The van der Waals surface area contributed by atoms with E-state index < -0.39 is 0 Å². The highest BCUT2D eigenvalue weighted by Gasteiger charge is 2.06. The first-order valence-electron chi connectivity index (χ1n) is 2.75. The molecular weight excluding hydrogens is 155 g/mol. The van der Waals surface area contributed by atoms with E-state index in [1.807, 2.05) is 0 Å². The standard InChI is InChI=1S/C6H6ClFN2/c7-6(9)4-1-2-5(8)10-3-4/h1-2,9-10H,3H2. The van der Waals surface area contributed by atoms with E-state index in [0.717, 1.165) is 0 Å². The molecule has 2 nitrogen and oxygen atoms in total. The van der Waals surface area contributed by atoms with Gasteiger partial charge in [0.15, 0.2) is 5.95 Å². The Kier molecular flexibility index (Phi) is 2.06. The van der Waals surface area contributed by atoms with Crippen LogP contribution >= 0.6 is 11.6 Å². The van der Waals surface area contributed by atoms with E-state index in [2.05, 4.69) is 5.32 Å². The molecule has 0 bridgehead atoms. The van der Waals surface area contributed by atoms with Gasteiger partial charge in [-0.3, -0.25) is 5.41 Å². The summed E-state index contributed by atoms with van der Waals surface area (Å²) in [5, 5.41) is 9.33. The predicted molar refractivity (Wildman–Crippen MR) is 38.9 cm³/mol. The number of hydrogen-bond donors (Lipinski definition) is 2. The summed E-state index contributed by atoms with van der Waals surface area (Å²) >= 11 is 5.33. The van der Waals surface area contributed by atoms with Crippen LogP contribution < -0.4 is 5.32 Å². The van der Waals surface area contributed by atoms with Gasteiger partial charge in [-0.05, 0) is 12.2 Å². The third-order valence-electron chi connectivity index (χ3n) is 1.16. The Hall–Kier alpha value is -0.830. The summed E-state index contributed by atoms with van der Waals surface area (Å²) in [6.07, 6.45) is 2.73. The molecule has 0 saturated heterocycles.